The van der Waals surface area contributed by atoms with Gasteiger partial charge in [-0.25, -0.2) is 9.79 Å². The average Bonchev–Trinajstić information content (AvgIpc) is 2.96. The molecule has 2 aromatic carbocycles. The van der Waals surface area contributed by atoms with Gasteiger partial charge in [0.05, 0.1) is 21.6 Å². The summed E-state index contributed by atoms with van der Waals surface area (Å²) in [6.45, 7) is 3.81. The van der Waals surface area contributed by atoms with Crippen LogP contribution >= 0.6 is 11.6 Å². The van der Waals surface area contributed by atoms with Gasteiger partial charge in [-0.2, -0.15) is 0 Å². The van der Waals surface area contributed by atoms with Gasteiger partial charge in [0.15, 0.2) is 5.70 Å². The molecule has 0 spiro atoms. The number of nitro benzene ring substituents is 1. The second-order valence-corrected chi connectivity index (χ2v) is 6.37. The van der Waals surface area contributed by atoms with E-state index in [1.54, 1.807) is 18.2 Å². The fourth-order valence-corrected chi connectivity index (χ4v) is 2.68. The van der Waals surface area contributed by atoms with Crippen molar-refractivity contribution in [1.82, 2.24) is 0 Å². The first-order valence-corrected chi connectivity index (χ1v) is 8.45. The molecule has 0 unspecified atom stereocenters. The summed E-state index contributed by atoms with van der Waals surface area (Å²) >= 11 is 6.08. The molecule has 3 rings (SSSR count). The van der Waals surface area contributed by atoms with Crippen LogP contribution in [0.1, 0.15) is 25.0 Å². The minimum Gasteiger partial charge on any atom is -0.490 e. The predicted molar refractivity (Wildman–Crippen MR) is 101 cm³/mol. The molecule has 0 bridgehead atoms. The second-order valence-electron chi connectivity index (χ2n) is 5.96. The maximum Gasteiger partial charge on any atom is 0.363 e. The highest BCUT2D eigenvalue weighted by atomic mass is 35.5. The van der Waals surface area contributed by atoms with Crippen LogP contribution in [-0.2, 0) is 9.53 Å². The van der Waals surface area contributed by atoms with Crippen LogP contribution in [-0.4, -0.2) is 22.9 Å². The molecule has 0 saturated carbocycles. The number of rotatable bonds is 5. The number of aliphatic imine (C=N–C) groups is 1. The van der Waals surface area contributed by atoms with E-state index in [1.165, 1.54) is 18.2 Å². The van der Waals surface area contributed by atoms with Crippen LogP contribution < -0.4 is 4.74 Å². The molecule has 0 saturated heterocycles. The van der Waals surface area contributed by atoms with Gasteiger partial charge in [-0.15, -0.1) is 0 Å². The summed E-state index contributed by atoms with van der Waals surface area (Å²) in [7, 11) is 0. The van der Waals surface area contributed by atoms with Crippen molar-refractivity contribution in [2.45, 2.75) is 20.0 Å². The van der Waals surface area contributed by atoms with Gasteiger partial charge in [-0.3, -0.25) is 10.1 Å². The smallest absolute Gasteiger partial charge is 0.363 e. The van der Waals surface area contributed by atoms with Crippen molar-refractivity contribution in [3.05, 3.63) is 74.4 Å². The largest absolute Gasteiger partial charge is 0.490 e. The highest BCUT2D eigenvalue weighted by Crippen LogP contribution is 2.28. The van der Waals surface area contributed by atoms with Gasteiger partial charge in [0, 0.05) is 17.7 Å². The van der Waals surface area contributed by atoms with Crippen molar-refractivity contribution in [3.8, 4) is 5.75 Å². The minimum absolute atomic E-state index is 0.00610. The van der Waals surface area contributed by atoms with Crippen molar-refractivity contribution < 1.29 is 19.2 Å². The molecule has 2 aromatic rings. The SMILES string of the molecule is CC(C)Oc1ccccc1/C=C1\N=C(c2ccc([N+](=O)[O-])cc2Cl)OC1=O. The zero-order valence-corrected chi connectivity index (χ0v) is 15.3. The van der Waals surface area contributed by atoms with E-state index in [9.17, 15) is 14.9 Å². The van der Waals surface area contributed by atoms with E-state index in [4.69, 9.17) is 21.1 Å². The van der Waals surface area contributed by atoms with Crippen LogP contribution in [0.2, 0.25) is 5.02 Å². The predicted octanol–water partition coefficient (Wildman–Crippen LogP) is 4.38. The fraction of sp³-hybridized carbons (Fsp3) is 0.158. The van der Waals surface area contributed by atoms with Crippen molar-refractivity contribution in [1.29, 1.82) is 0 Å². The lowest BCUT2D eigenvalue weighted by Gasteiger charge is -2.12. The van der Waals surface area contributed by atoms with E-state index in [2.05, 4.69) is 4.99 Å². The van der Waals surface area contributed by atoms with Crippen molar-refractivity contribution >= 4 is 35.2 Å². The Morgan fingerprint density at radius 3 is 2.67 bits per heavy atom. The molecule has 0 N–H and O–H groups in total. The van der Waals surface area contributed by atoms with Crippen LogP contribution in [0.25, 0.3) is 6.08 Å². The number of hydrogen-bond donors (Lipinski definition) is 0. The fourth-order valence-electron chi connectivity index (χ4n) is 2.42. The topological polar surface area (TPSA) is 91.0 Å². The van der Waals surface area contributed by atoms with Gasteiger partial charge in [0.1, 0.15) is 5.75 Å². The second kappa shape index (κ2) is 7.59. The number of ether oxygens (including phenoxy) is 2. The average molecular weight is 387 g/mol. The molecule has 1 aliphatic heterocycles. The van der Waals surface area contributed by atoms with Crippen molar-refractivity contribution in [2.75, 3.05) is 0 Å². The Bertz CT molecular complexity index is 982. The number of halogens is 1. The van der Waals surface area contributed by atoms with E-state index < -0.39 is 10.9 Å². The van der Waals surface area contributed by atoms with E-state index in [-0.39, 0.29) is 28.4 Å². The highest BCUT2D eigenvalue weighted by Gasteiger charge is 2.26. The molecule has 1 aliphatic rings. The summed E-state index contributed by atoms with van der Waals surface area (Å²) < 4.78 is 10.9. The maximum atomic E-state index is 12.2. The van der Waals surface area contributed by atoms with E-state index in [1.807, 2.05) is 26.0 Å². The zero-order chi connectivity index (χ0) is 19.6. The van der Waals surface area contributed by atoms with Crippen LogP contribution in [0.3, 0.4) is 0 Å². The number of hydrogen-bond acceptors (Lipinski definition) is 6. The lowest BCUT2D eigenvalue weighted by Crippen LogP contribution is -2.07. The number of nitrogens with zero attached hydrogens (tertiary/aromatic N) is 2. The van der Waals surface area contributed by atoms with Gasteiger partial charge in [-0.05, 0) is 32.1 Å². The monoisotopic (exact) mass is 386 g/mol. The van der Waals surface area contributed by atoms with Gasteiger partial charge in [0.2, 0.25) is 5.90 Å². The third-order valence-electron chi connectivity index (χ3n) is 3.59. The summed E-state index contributed by atoms with van der Waals surface area (Å²) in [6, 6.07) is 11.1. The molecule has 0 radical (unpaired) electrons. The molecular formula is C19H15ClN2O5. The molecule has 0 amide bonds. The standard InChI is InChI=1S/C19H15ClN2O5/c1-11(2)26-17-6-4-3-5-12(17)9-16-19(23)27-18(21-16)14-8-7-13(22(24)25)10-15(14)20/h3-11H,1-2H3/b16-9-. The van der Waals surface area contributed by atoms with E-state index in [0.717, 1.165) is 0 Å². The maximum absolute atomic E-state index is 12.2. The lowest BCUT2D eigenvalue weighted by atomic mass is 10.1. The molecule has 138 valence electrons. The van der Waals surface area contributed by atoms with Gasteiger partial charge < -0.3 is 9.47 Å². The minimum atomic E-state index is -0.640. The number of carbonyl (C=O) groups excluding carboxylic acids is 1. The number of para-hydroxylation sites is 1. The van der Waals surface area contributed by atoms with Crippen LogP contribution in [0.4, 0.5) is 5.69 Å². The van der Waals surface area contributed by atoms with Crippen LogP contribution in [0.5, 0.6) is 5.75 Å². The number of benzene rings is 2. The number of carbonyl (C=O) groups is 1. The Kier molecular flexibility index (Phi) is 5.23. The summed E-state index contributed by atoms with van der Waals surface area (Å²) in [5, 5.41) is 10.9. The van der Waals surface area contributed by atoms with Crippen LogP contribution in [0, 0.1) is 10.1 Å². The normalized spacial score (nSPS) is 15.0. The molecule has 27 heavy (non-hydrogen) atoms. The highest BCUT2D eigenvalue weighted by molar-refractivity contribution is 6.34. The molecule has 0 fully saturated rings. The number of non-ortho nitro benzene ring substituents is 1. The molecule has 0 aliphatic carbocycles. The molecule has 0 atom stereocenters. The van der Waals surface area contributed by atoms with Crippen molar-refractivity contribution in [3.63, 3.8) is 0 Å². The van der Waals surface area contributed by atoms with Gasteiger partial charge in [-0.1, -0.05) is 29.8 Å². The Labute approximate surface area is 160 Å². The number of esters is 1. The van der Waals surface area contributed by atoms with Crippen LogP contribution in [0.15, 0.2) is 53.2 Å². The summed E-state index contributed by atoms with van der Waals surface area (Å²) in [5.41, 5.74) is 0.895. The molecule has 0 aromatic heterocycles. The van der Waals surface area contributed by atoms with Gasteiger partial charge >= 0.3 is 5.97 Å². The Hall–Kier alpha value is -3.19. The zero-order valence-electron chi connectivity index (χ0n) is 14.5. The number of nitro groups is 1. The first-order valence-electron chi connectivity index (χ1n) is 8.07. The molecular weight excluding hydrogens is 372 g/mol. The third-order valence-corrected chi connectivity index (χ3v) is 3.90. The lowest BCUT2D eigenvalue weighted by molar-refractivity contribution is -0.384. The van der Waals surface area contributed by atoms with E-state index in [0.29, 0.717) is 16.9 Å². The molecule has 1 heterocycles. The summed E-state index contributed by atoms with van der Waals surface area (Å²) in [6.07, 6.45) is 1.53. The Morgan fingerprint density at radius 1 is 1.26 bits per heavy atom. The quantitative estimate of drug-likeness (QED) is 0.329. The summed E-state index contributed by atoms with van der Waals surface area (Å²) in [5.74, 6) is -0.0306. The van der Waals surface area contributed by atoms with Gasteiger partial charge in [0.25, 0.3) is 5.69 Å². The first-order chi connectivity index (χ1) is 12.8. The Balaban J connectivity index is 1.96. The molecule has 7 nitrogen and oxygen atoms in total. The van der Waals surface area contributed by atoms with Crippen molar-refractivity contribution in [2.24, 2.45) is 4.99 Å². The Morgan fingerprint density at radius 2 is 2.00 bits per heavy atom. The number of cyclic esters (lactones) is 1. The third kappa shape index (κ3) is 4.15. The summed E-state index contributed by atoms with van der Waals surface area (Å²) in [4.78, 5) is 26.6. The first kappa shape index (κ1) is 18.6. The van der Waals surface area contributed by atoms with E-state index >= 15 is 0 Å². The molecule has 8 heteroatoms.